The molecule has 12 rings (SSSR count). The molecule has 0 amide bonds. The van der Waals surface area contributed by atoms with Gasteiger partial charge in [-0.2, -0.15) is 4.98 Å². The first-order chi connectivity index (χ1) is 52.6. The molecule has 16 atom stereocenters. The van der Waals surface area contributed by atoms with Crippen LogP contribution in [0.4, 0.5) is 5.95 Å². The van der Waals surface area contributed by atoms with Crippen LogP contribution in [-0.4, -0.2) is 320 Å². The summed E-state index contributed by atoms with van der Waals surface area (Å²) in [5.41, 5.74) is 0.830. The van der Waals surface area contributed by atoms with E-state index in [1.807, 2.05) is 0 Å². The lowest BCUT2D eigenvalue weighted by molar-refractivity contribution is -0.0400. The number of aliphatic hydroxyl groups excluding tert-OH is 8. The maximum atomic E-state index is 12.4. The van der Waals surface area contributed by atoms with Gasteiger partial charge in [-0.3, -0.25) is 42.4 Å². The summed E-state index contributed by atoms with van der Waals surface area (Å²) in [5.74, 6) is 4.13. The second-order valence-corrected chi connectivity index (χ2v) is 52.3. The molecule has 8 aromatic rings. The molecular formula is C72H117N17O16P4S3. The number of thioether (sulfide) groups is 3. The summed E-state index contributed by atoms with van der Waals surface area (Å²) in [4.78, 5) is 94.9. The van der Waals surface area contributed by atoms with Crippen molar-refractivity contribution in [2.75, 3.05) is 108 Å². The normalized spacial score (nSPS) is 25.6. The summed E-state index contributed by atoms with van der Waals surface area (Å²) in [5, 5.41) is 89.3. The highest BCUT2D eigenvalue weighted by molar-refractivity contribution is 7.99. The fourth-order valence-corrected chi connectivity index (χ4v) is 19.9. The van der Waals surface area contributed by atoms with Gasteiger partial charge in [0.15, 0.2) is 85.0 Å². The molecule has 0 saturated carbocycles. The van der Waals surface area contributed by atoms with E-state index in [9.17, 15) is 60.0 Å². The number of nitrogens with one attached hydrogen (secondary N) is 5. The van der Waals surface area contributed by atoms with Gasteiger partial charge >= 0.3 is 0 Å². The Morgan fingerprint density at radius 3 is 1.04 bits per heavy atom. The molecule has 4 aliphatic heterocycles. The number of nitrogens with zero attached hydrogens (tertiary/aromatic N) is 12. The Balaban J connectivity index is 0.000000172. The average molecular weight is 1700 g/mol. The molecule has 4 aliphatic rings. The number of aryl methyl sites for hydroxylation is 3. The van der Waals surface area contributed by atoms with Gasteiger partial charge in [0.1, 0.15) is 66.3 Å². The fraction of sp³-hybridized carbons (Fsp3) is 0.667. The molecular weight excluding hydrogens is 1580 g/mol. The molecule has 8 aromatic heterocycles. The van der Waals surface area contributed by atoms with Crippen LogP contribution in [0.25, 0.3) is 44.7 Å². The number of imidazole rings is 4. The second-order valence-electron chi connectivity index (χ2n) is 31.8. The van der Waals surface area contributed by atoms with Gasteiger partial charge in [-0.05, 0) is 144 Å². The lowest BCUT2D eigenvalue weighted by Crippen LogP contribution is -2.32. The summed E-state index contributed by atoms with van der Waals surface area (Å²) in [6.45, 7) is 23.3. The lowest BCUT2D eigenvalue weighted by Gasteiger charge is -2.20. The number of aliphatic hydroxyl groups is 8. The summed E-state index contributed by atoms with van der Waals surface area (Å²) >= 11 is 4.50. The minimum atomic E-state index is -1.28. The van der Waals surface area contributed by atoms with Crippen molar-refractivity contribution >= 4 is 139 Å². The number of anilines is 1. The monoisotopic (exact) mass is 1700 g/mol. The molecule has 13 N–H and O–H groups in total. The van der Waals surface area contributed by atoms with Gasteiger partial charge < -0.3 is 80.1 Å². The minimum absolute atomic E-state index is 0.151. The summed E-state index contributed by atoms with van der Waals surface area (Å²) < 4.78 is 30.7. The highest BCUT2D eigenvalue weighted by atomic mass is 32.2. The van der Waals surface area contributed by atoms with Gasteiger partial charge in [0.2, 0.25) is 5.95 Å². The Labute approximate surface area is 664 Å². The van der Waals surface area contributed by atoms with Gasteiger partial charge in [-0.25, -0.2) is 34.9 Å². The predicted octanol–water partition coefficient (Wildman–Crippen LogP) is 6.00. The Morgan fingerprint density at radius 2 is 0.723 bits per heavy atom. The third kappa shape index (κ3) is 22.4. The molecule has 0 spiro atoms. The first kappa shape index (κ1) is 90.9. The minimum Gasteiger partial charge on any atom is -0.388 e. The first-order valence-corrected chi connectivity index (χ1v) is 53.0. The van der Waals surface area contributed by atoms with Crippen LogP contribution in [0.2, 0.25) is 0 Å². The van der Waals surface area contributed by atoms with Crippen molar-refractivity contribution in [2.24, 2.45) is 0 Å². The van der Waals surface area contributed by atoms with E-state index in [-0.39, 0.29) is 55.9 Å². The van der Waals surface area contributed by atoms with Gasteiger partial charge in [-0.15, -0.1) is 52.7 Å². The first-order valence-electron chi connectivity index (χ1n) is 37.8. The van der Waals surface area contributed by atoms with Crippen LogP contribution < -0.4 is 27.6 Å². The second kappa shape index (κ2) is 38.6. The number of rotatable bonds is 29. The van der Waals surface area contributed by atoms with E-state index in [1.165, 1.54) is 46.2 Å². The SMILES string of the molecule is C=P(C)(C)CC[C@H]1O[C@@H](n2c(SCCC)nc3c(=O)[nH]c(C)nc32)[C@H](O)[C@@H]1O.C=P(C)(C)CC[C@H]1O[C@@H](n2c(SCCCC)nc3c(=O)[nH]c(C)nc32)[C@H](O)[C@@H]1O.C=P(C)(C)CC[C@H]1O[C@@H](n2c(SCCCCC)nc3c(=O)[nH]c(C)nc32)[C@H](O)[C@@H]1O.C=P(C)(C)CC[C@H]1O[C@@H](n2cnc3c(=O)[nH]c(NC)nc32)[C@H](O)[C@@H]1O. The van der Waals surface area contributed by atoms with Crippen LogP contribution in [0, 0.1) is 20.8 Å². The summed E-state index contributed by atoms with van der Waals surface area (Å²) in [6.07, 6.45) is 16.3. The third-order valence-corrected chi connectivity index (χ3v) is 28.3. The fourth-order valence-electron chi connectivity index (χ4n) is 13.1. The van der Waals surface area contributed by atoms with E-state index in [4.69, 9.17) is 18.9 Å². The summed E-state index contributed by atoms with van der Waals surface area (Å²) in [7, 11) is 1.63. The van der Waals surface area contributed by atoms with Crippen molar-refractivity contribution in [3.63, 3.8) is 0 Å². The van der Waals surface area contributed by atoms with Gasteiger partial charge in [0.25, 0.3) is 22.2 Å². The molecule has 12 heterocycles. The molecule has 112 heavy (non-hydrogen) atoms. The van der Waals surface area contributed by atoms with E-state index in [2.05, 4.69) is 164 Å². The molecule has 0 unspecified atom stereocenters. The number of fused-ring (bicyclic) bond motifs is 4. The molecule has 40 heteroatoms. The molecule has 0 aromatic carbocycles. The van der Waals surface area contributed by atoms with Crippen molar-refractivity contribution in [1.82, 2.24) is 78.1 Å². The van der Waals surface area contributed by atoms with Gasteiger partial charge in [0, 0.05) is 24.3 Å². The van der Waals surface area contributed by atoms with Crippen molar-refractivity contribution in [1.29, 1.82) is 0 Å². The number of unbranched alkanes of at least 4 members (excludes halogenated alkanes) is 3. The maximum absolute atomic E-state index is 12.4. The number of hydrogen-bond donors (Lipinski definition) is 13. The van der Waals surface area contributed by atoms with Crippen LogP contribution >= 0.6 is 62.8 Å². The zero-order chi connectivity index (χ0) is 82.4. The number of aromatic amines is 4. The van der Waals surface area contributed by atoms with Crippen LogP contribution in [0.1, 0.15) is 127 Å². The predicted molar refractivity (Wildman–Crippen MR) is 458 cm³/mol. The van der Waals surface area contributed by atoms with Crippen molar-refractivity contribution in [2.45, 2.75) is 219 Å². The summed E-state index contributed by atoms with van der Waals surface area (Å²) in [6, 6.07) is 0. The topological polar surface area (TPSA) is 465 Å². The van der Waals surface area contributed by atoms with Crippen molar-refractivity contribution in [3.05, 3.63) is 65.2 Å². The van der Waals surface area contributed by atoms with Crippen LogP contribution in [0.15, 0.2) is 41.0 Å². The molecule has 0 radical (unpaired) electrons. The Morgan fingerprint density at radius 1 is 0.411 bits per heavy atom. The molecule has 33 nitrogen and oxygen atoms in total. The molecule has 4 saturated heterocycles. The van der Waals surface area contributed by atoms with Gasteiger partial charge in [0.05, 0.1) is 30.7 Å². The number of aromatic nitrogens is 16. The lowest BCUT2D eigenvalue weighted by atomic mass is 10.1. The average Bonchev–Trinajstić information content (AvgIpc) is 1.63. The van der Waals surface area contributed by atoms with Crippen molar-refractivity contribution in [3.8, 4) is 0 Å². The molecule has 0 aliphatic carbocycles. The van der Waals surface area contributed by atoms with Gasteiger partial charge in [-0.1, -0.05) is 75.3 Å². The van der Waals surface area contributed by atoms with E-state index in [1.54, 1.807) is 41.5 Å². The molecule has 0 bridgehead atoms. The quantitative estimate of drug-likeness (QED) is 0.0145. The van der Waals surface area contributed by atoms with Crippen molar-refractivity contribution < 1.29 is 59.8 Å². The third-order valence-electron chi connectivity index (χ3n) is 19.2. The maximum Gasteiger partial charge on any atom is 0.280 e. The highest BCUT2D eigenvalue weighted by Gasteiger charge is 2.49. The van der Waals surface area contributed by atoms with Crippen LogP contribution in [0.5, 0.6) is 0 Å². The Hall–Kier alpha value is -5.03. The zero-order valence-corrected chi connectivity index (χ0v) is 72.9. The highest BCUT2D eigenvalue weighted by Crippen LogP contribution is 2.46. The standard InChI is InChI=1S/C20H33N4O4PS.C19H31N4O4PS.C18H29N4O4PS.C15H24N5O4P/c1-6-7-8-11-30-20-23-14-17(21-12(2)22-18(14)27)24(20)19-16(26)15(25)13(28-19)9-10-29(3,4)5;1-6-7-10-29-19-22-13-16(20-11(2)21-17(13)26)23(19)18-15(25)14(24)12(27-18)8-9-28(3,4)5;1-6-9-28-18-21-12-15(19-10(2)20-16(12)25)22(18)17-14(24)13(23)11(26-17)7-8-27(3,4)5;1-16-15-18-12-9(13(23)19-15)17-7-20(12)14-11(22)10(21)8(24-14)5-6-25(2,3)4/h13,15-16,19,25-26H,3,6-11H2,1-2,4-5H3,(H,21,22,27);12,14-15,18,24-25H,3,6-10H2,1-2,4-5H3,(H,20,21,26);11,13-14,17,23-24H,3,6-9H2,1-2,4-5H3,(H,19,20,25);7-8,10-11,14,21-22H,2,5-6H2,1,3-4H3,(H2,16,18,19,23)/t13-,15-,16-,19-;12-,14-,15-,18-;11-,13-,14-,17-;8-,10-,11-,14-/m1111/s1. The number of H-pyrrole nitrogens is 4. The number of ether oxygens (including phenoxy) is 4. The van der Waals surface area contributed by atoms with E-state index < -0.39 is 126 Å². The Kier molecular flexibility index (Phi) is 31.3. The van der Waals surface area contributed by atoms with E-state index >= 15 is 0 Å². The molecule has 4 fully saturated rings. The van der Waals surface area contributed by atoms with Crippen LogP contribution in [-0.2, 0) is 18.9 Å². The van der Waals surface area contributed by atoms with E-state index in [0.29, 0.717) is 75.6 Å². The molecule has 624 valence electrons. The number of hydrogen-bond acceptors (Lipinski definition) is 28. The Bertz CT molecular complexity index is 5000. The largest absolute Gasteiger partial charge is 0.388 e. The smallest absolute Gasteiger partial charge is 0.280 e. The van der Waals surface area contributed by atoms with E-state index in [0.717, 1.165) is 80.4 Å². The van der Waals surface area contributed by atoms with Crippen LogP contribution in [0.3, 0.4) is 0 Å². The zero-order valence-electron chi connectivity index (χ0n) is 66.9.